The molecule has 1 atom stereocenters. The van der Waals surface area contributed by atoms with Crippen LogP contribution in [0.2, 0.25) is 0 Å². The Morgan fingerprint density at radius 3 is 1.81 bits per heavy atom. The van der Waals surface area contributed by atoms with E-state index >= 15 is 0 Å². The zero-order chi connectivity index (χ0) is 23.7. The molecule has 0 aliphatic heterocycles. The average Bonchev–Trinajstić information content (AvgIpc) is 2.76. The maximum Gasteiger partial charge on any atom is 0.270 e. The third kappa shape index (κ3) is 13.5. The van der Waals surface area contributed by atoms with Gasteiger partial charge in [0, 0.05) is 0 Å². The van der Waals surface area contributed by atoms with Crippen molar-refractivity contribution in [3.05, 3.63) is 29.3 Å². The summed E-state index contributed by atoms with van der Waals surface area (Å²) in [5.41, 5.74) is 2.51. The van der Waals surface area contributed by atoms with Gasteiger partial charge in [-0.1, -0.05) is 103 Å². The lowest BCUT2D eigenvalue weighted by Gasteiger charge is -2.15. The molecule has 0 aromatic heterocycles. The fraction of sp³-hybridized carbons (Fsp3) is 0.778. The summed E-state index contributed by atoms with van der Waals surface area (Å²) in [5, 5.41) is -0.929. The van der Waals surface area contributed by atoms with E-state index in [4.69, 9.17) is 4.74 Å². The highest BCUT2D eigenvalue weighted by molar-refractivity contribution is 7.86. The van der Waals surface area contributed by atoms with Gasteiger partial charge < -0.3 is 4.74 Å². The van der Waals surface area contributed by atoms with E-state index in [9.17, 15) is 13.0 Å². The summed E-state index contributed by atoms with van der Waals surface area (Å²) in [6, 6.07) is 6.35. The fourth-order valence-corrected chi connectivity index (χ4v) is 4.22. The van der Waals surface area contributed by atoms with Crippen molar-refractivity contribution in [3.8, 4) is 5.75 Å². The van der Waals surface area contributed by atoms with Crippen LogP contribution in [0.1, 0.15) is 122 Å². The van der Waals surface area contributed by atoms with Gasteiger partial charge in [0.2, 0.25) is 0 Å². The van der Waals surface area contributed by atoms with E-state index in [1.807, 2.05) is 6.07 Å². The van der Waals surface area contributed by atoms with Crippen molar-refractivity contribution >= 4 is 10.1 Å². The minimum absolute atomic E-state index is 0.0278. The number of hydrogen-bond donors (Lipinski definition) is 1. The Hall–Kier alpha value is -1.07. The van der Waals surface area contributed by atoms with Crippen molar-refractivity contribution in [1.29, 1.82) is 0 Å². The first-order valence-electron chi connectivity index (χ1n) is 13.1. The van der Waals surface area contributed by atoms with Crippen molar-refractivity contribution in [3.63, 3.8) is 0 Å². The molecule has 0 aliphatic carbocycles. The molecule has 0 fully saturated rings. The molecule has 1 unspecified atom stereocenters. The van der Waals surface area contributed by atoms with Gasteiger partial charge in [-0.05, 0) is 49.8 Å². The number of unbranched alkanes of at least 4 members (excludes halogenated alkanes) is 12. The summed E-state index contributed by atoms with van der Waals surface area (Å²) in [6.45, 7) is 5.94. The van der Waals surface area contributed by atoms with Gasteiger partial charge in [0.05, 0.1) is 0 Å². The lowest BCUT2D eigenvalue weighted by atomic mass is 9.99. The molecule has 1 aromatic rings. The van der Waals surface area contributed by atoms with Crippen LogP contribution in [0.5, 0.6) is 5.75 Å². The van der Waals surface area contributed by atoms with Gasteiger partial charge in [-0.2, -0.15) is 8.42 Å². The molecule has 0 amide bonds. The van der Waals surface area contributed by atoms with Crippen molar-refractivity contribution in [2.75, 3.05) is 6.61 Å². The quantitative estimate of drug-likeness (QED) is 0.156. The number of rotatable bonds is 20. The predicted octanol–water partition coefficient (Wildman–Crippen LogP) is 7.93. The molecule has 1 aromatic carbocycles. The molecule has 5 heteroatoms. The molecule has 0 spiro atoms. The molecule has 0 radical (unpaired) electrons. The molecule has 186 valence electrons. The Morgan fingerprint density at radius 2 is 1.28 bits per heavy atom. The first-order chi connectivity index (χ1) is 15.4. The highest BCUT2D eigenvalue weighted by Gasteiger charge is 2.18. The lowest BCUT2D eigenvalue weighted by Crippen LogP contribution is -2.24. The molecule has 1 rings (SSSR count). The van der Waals surface area contributed by atoms with Crippen molar-refractivity contribution in [2.45, 2.75) is 129 Å². The van der Waals surface area contributed by atoms with E-state index in [1.165, 1.54) is 102 Å². The maximum absolute atomic E-state index is 11.3. The first-order valence-corrected chi connectivity index (χ1v) is 14.6. The van der Waals surface area contributed by atoms with Crippen LogP contribution in [0.15, 0.2) is 18.2 Å². The SMILES string of the molecule is CCCCCCCCCc1ccc(OCC(C)S(=O)(=O)O)c(CCCCCCCCC)c1. The van der Waals surface area contributed by atoms with Gasteiger partial charge in [0.15, 0.2) is 0 Å². The van der Waals surface area contributed by atoms with E-state index in [2.05, 4.69) is 26.0 Å². The van der Waals surface area contributed by atoms with Crippen molar-refractivity contribution in [2.24, 2.45) is 0 Å². The normalized spacial score (nSPS) is 12.8. The third-order valence-electron chi connectivity index (χ3n) is 6.23. The number of ether oxygens (including phenoxy) is 1. The van der Waals surface area contributed by atoms with E-state index in [0.29, 0.717) is 0 Å². The van der Waals surface area contributed by atoms with Gasteiger partial charge in [0.25, 0.3) is 10.1 Å². The van der Waals surface area contributed by atoms with E-state index in [-0.39, 0.29) is 6.61 Å². The van der Waals surface area contributed by atoms with Crippen LogP contribution >= 0.6 is 0 Å². The smallest absolute Gasteiger partial charge is 0.270 e. The number of benzene rings is 1. The summed E-state index contributed by atoms with van der Waals surface area (Å²) in [4.78, 5) is 0. The van der Waals surface area contributed by atoms with Crippen LogP contribution in [0.4, 0.5) is 0 Å². The topological polar surface area (TPSA) is 63.6 Å². The third-order valence-corrected chi connectivity index (χ3v) is 7.38. The molecule has 0 saturated heterocycles. The summed E-state index contributed by atoms with van der Waals surface area (Å²) in [5.74, 6) is 0.759. The van der Waals surface area contributed by atoms with Crippen LogP contribution in [0.25, 0.3) is 0 Å². The summed E-state index contributed by atoms with van der Waals surface area (Å²) >= 11 is 0. The molecule has 32 heavy (non-hydrogen) atoms. The number of hydrogen-bond acceptors (Lipinski definition) is 3. The first kappa shape index (κ1) is 29.0. The maximum atomic E-state index is 11.3. The van der Waals surface area contributed by atoms with Gasteiger partial charge in [0.1, 0.15) is 17.6 Å². The van der Waals surface area contributed by atoms with Gasteiger partial charge >= 0.3 is 0 Å². The van der Waals surface area contributed by atoms with Crippen LogP contribution in [-0.2, 0) is 23.0 Å². The lowest BCUT2D eigenvalue weighted by molar-refractivity contribution is 0.307. The number of aryl methyl sites for hydroxylation is 2. The summed E-state index contributed by atoms with van der Waals surface area (Å²) in [6.07, 6.45) is 20.0. The molecule has 0 aliphatic rings. The molecule has 4 nitrogen and oxygen atoms in total. The standard InChI is InChI=1S/C27H48O4S/c1-4-6-8-10-12-14-16-18-25-20-21-27(31-23-24(3)32(28,29)30)26(22-25)19-17-15-13-11-9-7-5-2/h20-22,24H,4-19,23H2,1-3H3,(H,28,29,30). The minimum Gasteiger partial charge on any atom is -0.492 e. The van der Waals surface area contributed by atoms with Crippen LogP contribution in [0, 0.1) is 0 Å². The van der Waals surface area contributed by atoms with Crippen molar-refractivity contribution in [1.82, 2.24) is 0 Å². The Morgan fingerprint density at radius 1 is 0.781 bits per heavy atom. The summed E-state index contributed by atoms with van der Waals surface area (Å²) in [7, 11) is -4.07. The van der Waals surface area contributed by atoms with Crippen molar-refractivity contribution < 1.29 is 17.7 Å². The van der Waals surface area contributed by atoms with E-state index < -0.39 is 15.4 Å². The molecule has 0 heterocycles. The Kier molecular flexibility index (Phi) is 15.8. The second-order valence-electron chi connectivity index (χ2n) is 9.32. The average molecular weight is 469 g/mol. The molecule has 0 bridgehead atoms. The van der Waals surface area contributed by atoms with Gasteiger partial charge in [-0.25, -0.2) is 0 Å². The zero-order valence-electron chi connectivity index (χ0n) is 20.9. The van der Waals surface area contributed by atoms with E-state index in [1.54, 1.807) is 0 Å². The van der Waals surface area contributed by atoms with Crippen LogP contribution < -0.4 is 4.74 Å². The Balaban J connectivity index is 2.59. The monoisotopic (exact) mass is 468 g/mol. The second-order valence-corrected chi connectivity index (χ2v) is 11.2. The molecule has 0 saturated carbocycles. The molecular weight excluding hydrogens is 420 g/mol. The predicted molar refractivity (Wildman–Crippen MR) is 136 cm³/mol. The highest BCUT2D eigenvalue weighted by atomic mass is 32.2. The highest BCUT2D eigenvalue weighted by Crippen LogP contribution is 2.25. The van der Waals surface area contributed by atoms with Crippen LogP contribution in [0.3, 0.4) is 0 Å². The fourth-order valence-electron chi connectivity index (χ4n) is 3.98. The molecular formula is C27H48O4S. The Bertz CT molecular complexity index is 700. The second kappa shape index (κ2) is 17.4. The molecule has 1 N–H and O–H groups in total. The largest absolute Gasteiger partial charge is 0.492 e. The van der Waals surface area contributed by atoms with Gasteiger partial charge in [-0.3, -0.25) is 4.55 Å². The Labute approximate surface area is 198 Å². The van der Waals surface area contributed by atoms with Crippen LogP contribution in [-0.4, -0.2) is 24.8 Å². The summed E-state index contributed by atoms with van der Waals surface area (Å²) < 4.78 is 37.7. The van der Waals surface area contributed by atoms with E-state index in [0.717, 1.165) is 25.0 Å². The minimum atomic E-state index is -4.07. The zero-order valence-corrected chi connectivity index (χ0v) is 21.7. The van der Waals surface area contributed by atoms with Gasteiger partial charge in [-0.15, -0.1) is 0 Å².